The van der Waals surface area contributed by atoms with E-state index in [9.17, 15) is 18.0 Å². The van der Waals surface area contributed by atoms with Gasteiger partial charge in [0.2, 0.25) is 15.9 Å². The highest BCUT2D eigenvalue weighted by Crippen LogP contribution is 2.19. The van der Waals surface area contributed by atoms with Crippen molar-refractivity contribution in [1.29, 1.82) is 0 Å². The molecule has 1 aromatic heterocycles. The van der Waals surface area contributed by atoms with Crippen LogP contribution in [0.5, 0.6) is 0 Å². The fourth-order valence-electron chi connectivity index (χ4n) is 2.62. The highest BCUT2D eigenvalue weighted by atomic mass is 32.2. The van der Waals surface area contributed by atoms with Gasteiger partial charge < -0.3 is 14.2 Å². The minimum Gasteiger partial charge on any atom is -0.456 e. The first kappa shape index (κ1) is 22.3. The molecule has 0 spiro atoms. The van der Waals surface area contributed by atoms with Gasteiger partial charge in [-0.1, -0.05) is 25.9 Å². The highest BCUT2D eigenvalue weighted by Gasteiger charge is 2.26. The molecule has 0 N–H and O–H groups in total. The van der Waals surface area contributed by atoms with E-state index >= 15 is 0 Å². The molecule has 28 heavy (non-hydrogen) atoms. The third-order valence-electron chi connectivity index (χ3n) is 4.33. The van der Waals surface area contributed by atoms with E-state index in [0.29, 0.717) is 24.6 Å². The fourth-order valence-corrected chi connectivity index (χ4v) is 3.45. The molecule has 1 aliphatic rings. The summed E-state index contributed by atoms with van der Waals surface area (Å²) in [6, 6.07) is 0. The van der Waals surface area contributed by atoms with E-state index in [1.807, 2.05) is 20.8 Å². The molecule has 10 nitrogen and oxygen atoms in total. The predicted octanol–water partition coefficient (Wildman–Crippen LogP) is 0.337. The summed E-state index contributed by atoms with van der Waals surface area (Å²) in [6.45, 7) is 6.68. The summed E-state index contributed by atoms with van der Waals surface area (Å²) < 4.78 is 34.4. The molecule has 1 saturated heterocycles. The second-order valence-corrected chi connectivity index (χ2v) is 9.80. The van der Waals surface area contributed by atoms with E-state index in [4.69, 9.17) is 9.26 Å². The van der Waals surface area contributed by atoms with Crippen LogP contribution in [0.3, 0.4) is 0 Å². The van der Waals surface area contributed by atoms with E-state index < -0.39 is 16.0 Å². The van der Waals surface area contributed by atoms with Crippen LogP contribution in [0.2, 0.25) is 0 Å². The second-order valence-electron chi connectivity index (χ2n) is 7.82. The van der Waals surface area contributed by atoms with Crippen molar-refractivity contribution in [3.63, 3.8) is 0 Å². The van der Waals surface area contributed by atoms with Crippen molar-refractivity contribution >= 4 is 21.9 Å². The molecule has 11 heteroatoms. The van der Waals surface area contributed by atoms with Gasteiger partial charge in [-0.2, -0.15) is 9.29 Å². The number of carbonyl (C=O) groups excluding carboxylic acids is 2. The van der Waals surface area contributed by atoms with Crippen LogP contribution < -0.4 is 0 Å². The number of hydrogen-bond donors (Lipinski definition) is 0. The van der Waals surface area contributed by atoms with Crippen molar-refractivity contribution in [2.45, 2.75) is 45.4 Å². The average Bonchev–Trinajstić information content (AvgIpc) is 3.08. The van der Waals surface area contributed by atoms with Crippen LogP contribution in [-0.4, -0.2) is 78.7 Å². The van der Waals surface area contributed by atoms with E-state index in [1.165, 1.54) is 9.21 Å². The SMILES string of the molecule is CC(C)(C)c1noc(CCCC(=O)OCC(=O)N2CCN(S(C)(=O)=O)CC2)n1. The van der Waals surface area contributed by atoms with Crippen molar-refractivity contribution in [3.8, 4) is 0 Å². The Morgan fingerprint density at radius 1 is 1.18 bits per heavy atom. The minimum absolute atomic E-state index is 0.141. The Morgan fingerprint density at radius 3 is 2.36 bits per heavy atom. The van der Waals surface area contributed by atoms with Gasteiger partial charge >= 0.3 is 5.97 Å². The molecule has 0 aliphatic carbocycles. The number of rotatable bonds is 7. The molecule has 0 atom stereocenters. The molecule has 1 aliphatic heterocycles. The first-order valence-corrected chi connectivity index (χ1v) is 11.0. The van der Waals surface area contributed by atoms with Gasteiger partial charge in [-0.25, -0.2) is 8.42 Å². The Labute approximate surface area is 165 Å². The van der Waals surface area contributed by atoms with Gasteiger partial charge in [-0.15, -0.1) is 0 Å². The van der Waals surface area contributed by atoms with E-state index in [2.05, 4.69) is 10.1 Å². The molecule has 0 unspecified atom stereocenters. The summed E-state index contributed by atoms with van der Waals surface area (Å²) in [5, 5.41) is 3.92. The van der Waals surface area contributed by atoms with Crippen LogP contribution in [0, 0.1) is 0 Å². The Morgan fingerprint density at radius 2 is 1.82 bits per heavy atom. The largest absolute Gasteiger partial charge is 0.456 e. The Kier molecular flexibility index (Phi) is 7.16. The fraction of sp³-hybridized carbons (Fsp3) is 0.765. The Bertz CT molecular complexity index is 791. The summed E-state index contributed by atoms with van der Waals surface area (Å²) in [6.07, 6.45) is 2.22. The summed E-state index contributed by atoms with van der Waals surface area (Å²) in [7, 11) is -3.25. The highest BCUT2D eigenvalue weighted by molar-refractivity contribution is 7.88. The maximum atomic E-state index is 12.1. The molecular weight excluding hydrogens is 388 g/mol. The molecular formula is C17H28N4O6S. The lowest BCUT2D eigenvalue weighted by molar-refractivity contribution is -0.152. The van der Waals surface area contributed by atoms with Crippen LogP contribution in [0.25, 0.3) is 0 Å². The van der Waals surface area contributed by atoms with Crippen LogP contribution in [0.4, 0.5) is 0 Å². The monoisotopic (exact) mass is 416 g/mol. The van der Waals surface area contributed by atoms with Gasteiger partial charge in [-0.3, -0.25) is 9.59 Å². The lowest BCUT2D eigenvalue weighted by Gasteiger charge is -2.33. The first-order valence-electron chi connectivity index (χ1n) is 9.18. The van der Waals surface area contributed by atoms with E-state index in [-0.39, 0.29) is 50.5 Å². The molecule has 158 valence electrons. The van der Waals surface area contributed by atoms with Crippen molar-refractivity contribution in [1.82, 2.24) is 19.3 Å². The number of esters is 1. The lowest BCUT2D eigenvalue weighted by atomic mass is 9.96. The van der Waals surface area contributed by atoms with Crippen LogP contribution in [-0.2, 0) is 36.2 Å². The number of piperazine rings is 1. The zero-order valence-corrected chi connectivity index (χ0v) is 17.6. The Balaban J connectivity index is 1.66. The molecule has 0 bridgehead atoms. The van der Waals surface area contributed by atoms with Crippen molar-refractivity contribution in [2.75, 3.05) is 39.0 Å². The minimum atomic E-state index is -3.25. The number of sulfonamides is 1. The molecule has 2 heterocycles. The predicted molar refractivity (Wildman–Crippen MR) is 99.9 cm³/mol. The number of ether oxygens (including phenoxy) is 1. The summed E-state index contributed by atoms with van der Waals surface area (Å²) in [5.74, 6) is 0.288. The summed E-state index contributed by atoms with van der Waals surface area (Å²) in [4.78, 5) is 29.7. The van der Waals surface area contributed by atoms with E-state index in [0.717, 1.165) is 6.26 Å². The lowest BCUT2D eigenvalue weighted by Crippen LogP contribution is -2.51. The van der Waals surface area contributed by atoms with Gasteiger partial charge in [-0.05, 0) is 6.42 Å². The zero-order chi connectivity index (χ0) is 20.9. The van der Waals surface area contributed by atoms with Crippen molar-refractivity contribution in [2.24, 2.45) is 0 Å². The summed E-state index contributed by atoms with van der Waals surface area (Å²) >= 11 is 0. The van der Waals surface area contributed by atoms with Crippen molar-refractivity contribution < 1.29 is 27.3 Å². The maximum absolute atomic E-state index is 12.1. The third-order valence-corrected chi connectivity index (χ3v) is 5.63. The number of carbonyl (C=O) groups is 2. The van der Waals surface area contributed by atoms with Gasteiger partial charge in [0.25, 0.3) is 5.91 Å². The van der Waals surface area contributed by atoms with Gasteiger partial charge in [0.1, 0.15) is 0 Å². The van der Waals surface area contributed by atoms with E-state index in [1.54, 1.807) is 0 Å². The molecule has 2 rings (SSSR count). The number of hydrogen-bond acceptors (Lipinski definition) is 8. The molecule has 0 saturated carbocycles. The molecule has 1 fully saturated rings. The summed E-state index contributed by atoms with van der Waals surface area (Å²) in [5.41, 5.74) is -0.201. The Hall–Kier alpha value is -2.01. The van der Waals surface area contributed by atoms with Crippen LogP contribution >= 0.6 is 0 Å². The maximum Gasteiger partial charge on any atom is 0.306 e. The quantitative estimate of drug-likeness (QED) is 0.583. The number of aryl methyl sites for hydroxylation is 1. The van der Waals surface area contributed by atoms with Crippen LogP contribution in [0.1, 0.15) is 45.3 Å². The van der Waals surface area contributed by atoms with Gasteiger partial charge in [0.05, 0.1) is 6.26 Å². The zero-order valence-electron chi connectivity index (χ0n) is 16.8. The topological polar surface area (TPSA) is 123 Å². The second kappa shape index (κ2) is 8.99. The number of aromatic nitrogens is 2. The number of amides is 1. The van der Waals surface area contributed by atoms with Crippen molar-refractivity contribution in [3.05, 3.63) is 11.7 Å². The van der Waals surface area contributed by atoms with Gasteiger partial charge in [0.15, 0.2) is 12.4 Å². The number of nitrogens with zero attached hydrogens (tertiary/aromatic N) is 4. The molecule has 0 radical (unpaired) electrons. The standard InChI is InChI=1S/C17H28N4O6S/c1-17(2,3)16-18-13(27-19-16)6-5-7-15(23)26-12-14(22)20-8-10-21(11-9-20)28(4,24)25/h5-12H2,1-4H3. The normalized spacial score (nSPS) is 16.2. The smallest absolute Gasteiger partial charge is 0.306 e. The molecule has 1 aromatic rings. The van der Waals surface area contributed by atoms with Crippen LogP contribution in [0.15, 0.2) is 4.52 Å². The first-order chi connectivity index (χ1) is 13.0. The molecule has 0 aromatic carbocycles. The van der Waals surface area contributed by atoms with Gasteiger partial charge in [0, 0.05) is 44.4 Å². The average molecular weight is 417 g/mol. The third kappa shape index (κ3) is 6.55. The molecule has 1 amide bonds.